The molecule has 1 aliphatic rings. The number of aliphatic carboxylic acids is 1. The predicted octanol–water partition coefficient (Wildman–Crippen LogP) is 7.82. The molecule has 6 nitrogen and oxygen atoms in total. The highest BCUT2D eigenvalue weighted by atomic mass is 35.5. The lowest BCUT2D eigenvalue weighted by atomic mass is 9.88. The molecule has 0 radical (unpaired) electrons. The Morgan fingerprint density at radius 1 is 0.897 bits per heavy atom. The Morgan fingerprint density at radius 2 is 1.62 bits per heavy atom. The SMILES string of the molecule is O=C(O)CCCCN(CCC1CCCCCCCC(OCc2ccccc2Cl)C1)Cc1ccc(C(=O)O)cc1. The Balaban J connectivity index is 1.61. The van der Waals surface area contributed by atoms with Crippen LogP contribution in [-0.4, -0.2) is 46.2 Å². The first-order chi connectivity index (χ1) is 18.9. The van der Waals surface area contributed by atoms with Gasteiger partial charge in [-0.05, 0) is 80.4 Å². The van der Waals surface area contributed by atoms with Crippen LogP contribution in [0, 0.1) is 5.92 Å². The lowest BCUT2D eigenvalue weighted by Gasteiger charge is -2.29. The molecule has 2 aromatic carbocycles. The van der Waals surface area contributed by atoms with Crippen molar-refractivity contribution in [1.82, 2.24) is 4.90 Å². The highest BCUT2D eigenvalue weighted by molar-refractivity contribution is 6.31. The zero-order chi connectivity index (χ0) is 27.9. The molecule has 2 aromatic rings. The first-order valence-electron chi connectivity index (χ1n) is 14.5. The first kappa shape index (κ1) is 31.1. The third kappa shape index (κ3) is 12.1. The Kier molecular flexibility index (Phi) is 13.8. The molecular formula is C32H44ClNO5. The van der Waals surface area contributed by atoms with E-state index in [2.05, 4.69) is 4.90 Å². The molecule has 0 spiro atoms. The number of rotatable bonds is 14. The van der Waals surface area contributed by atoms with Crippen LogP contribution in [0.5, 0.6) is 0 Å². The van der Waals surface area contributed by atoms with Crippen molar-refractivity contribution in [3.63, 3.8) is 0 Å². The fraction of sp³-hybridized carbons (Fsp3) is 0.562. The smallest absolute Gasteiger partial charge is 0.335 e. The minimum atomic E-state index is -0.922. The van der Waals surface area contributed by atoms with E-state index in [1.165, 1.54) is 38.5 Å². The maximum atomic E-state index is 11.2. The number of unbranched alkanes of at least 4 members (excludes halogenated alkanes) is 1. The fourth-order valence-corrected chi connectivity index (χ4v) is 5.63. The summed E-state index contributed by atoms with van der Waals surface area (Å²) < 4.78 is 6.45. The van der Waals surface area contributed by atoms with Crippen molar-refractivity contribution >= 4 is 23.5 Å². The van der Waals surface area contributed by atoms with E-state index in [4.69, 9.17) is 21.4 Å². The maximum absolute atomic E-state index is 11.2. The fourth-order valence-electron chi connectivity index (χ4n) is 5.44. The summed E-state index contributed by atoms with van der Waals surface area (Å²) in [5.74, 6) is -1.11. The molecule has 3 rings (SSSR count). The van der Waals surface area contributed by atoms with Crippen molar-refractivity contribution in [2.24, 2.45) is 5.92 Å². The summed E-state index contributed by atoms with van der Waals surface area (Å²) in [6.45, 7) is 3.02. The van der Waals surface area contributed by atoms with E-state index in [-0.39, 0.29) is 18.1 Å². The molecule has 0 bridgehead atoms. The molecule has 1 aliphatic carbocycles. The molecule has 0 aliphatic heterocycles. The molecule has 0 aromatic heterocycles. The van der Waals surface area contributed by atoms with Gasteiger partial charge in [0.1, 0.15) is 0 Å². The lowest BCUT2D eigenvalue weighted by Crippen LogP contribution is -2.28. The molecule has 2 N–H and O–H groups in total. The van der Waals surface area contributed by atoms with Gasteiger partial charge in [-0.3, -0.25) is 9.69 Å². The Bertz CT molecular complexity index is 1010. The van der Waals surface area contributed by atoms with Gasteiger partial charge in [0.25, 0.3) is 0 Å². The molecule has 0 saturated heterocycles. The van der Waals surface area contributed by atoms with Crippen LogP contribution in [0.1, 0.15) is 98.5 Å². The second-order valence-electron chi connectivity index (χ2n) is 10.9. The van der Waals surface area contributed by atoms with Crippen molar-refractivity contribution in [3.05, 3.63) is 70.2 Å². The third-order valence-electron chi connectivity index (χ3n) is 7.74. The molecule has 1 fully saturated rings. The van der Waals surface area contributed by atoms with Crippen molar-refractivity contribution in [2.45, 2.75) is 96.3 Å². The first-order valence-corrected chi connectivity index (χ1v) is 14.9. The Hall–Kier alpha value is -2.41. The molecule has 0 heterocycles. The van der Waals surface area contributed by atoms with E-state index in [0.29, 0.717) is 18.9 Å². The van der Waals surface area contributed by atoms with Crippen LogP contribution in [-0.2, 0) is 22.7 Å². The number of carboxylic acid groups (broad SMARTS) is 2. The van der Waals surface area contributed by atoms with Gasteiger partial charge in [0.15, 0.2) is 0 Å². The number of aromatic carboxylic acids is 1. The summed E-state index contributed by atoms with van der Waals surface area (Å²) in [6.07, 6.45) is 12.6. The largest absolute Gasteiger partial charge is 0.481 e. The van der Waals surface area contributed by atoms with Gasteiger partial charge in [0, 0.05) is 18.0 Å². The summed E-state index contributed by atoms with van der Waals surface area (Å²) in [5.41, 5.74) is 2.40. The third-order valence-corrected chi connectivity index (χ3v) is 8.11. The number of halogens is 1. The highest BCUT2D eigenvalue weighted by Gasteiger charge is 2.20. The predicted molar refractivity (Wildman–Crippen MR) is 155 cm³/mol. The average molecular weight is 558 g/mol. The summed E-state index contributed by atoms with van der Waals surface area (Å²) in [5, 5.41) is 19.0. The van der Waals surface area contributed by atoms with E-state index in [1.54, 1.807) is 12.1 Å². The monoisotopic (exact) mass is 557 g/mol. The van der Waals surface area contributed by atoms with Crippen molar-refractivity contribution in [2.75, 3.05) is 13.1 Å². The van der Waals surface area contributed by atoms with E-state index < -0.39 is 11.9 Å². The van der Waals surface area contributed by atoms with Crippen LogP contribution < -0.4 is 0 Å². The molecule has 1 saturated carbocycles. The second kappa shape index (κ2) is 17.3. The van der Waals surface area contributed by atoms with Gasteiger partial charge < -0.3 is 14.9 Å². The van der Waals surface area contributed by atoms with Crippen molar-refractivity contribution in [3.8, 4) is 0 Å². The van der Waals surface area contributed by atoms with Gasteiger partial charge in [-0.15, -0.1) is 0 Å². The van der Waals surface area contributed by atoms with E-state index in [0.717, 1.165) is 61.5 Å². The number of hydrogen-bond acceptors (Lipinski definition) is 4. The summed E-state index contributed by atoms with van der Waals surface area (Å²) >= 11 is 6.37. The van der Waals surface area contributed by atoms with Crippen molar-refractivity contribution in [1.29, 1.82) is 0 Å². The summed E-state index contributed by atoms with van der Waals surface area (Å²) in [4.78, 5) is 24.6. The van der Waals surface area contributed by atoms with Gasteiger partial charge >= 0.3 is 11.9 Å². The second-order valence-corrected chi connectivity index (χ2v) is 11.3. The Morgan fingerprint density at radius 3 is 2.33 bits per heavy atom. The number of nitrogens with zero attached hydrogens (tertiary/aromatic N) is 1. The lowest BCUT2D eigenvalue weighted by molar-refractivity contribution is -0.137. The van der Waals surface area contributed by atoms with Crippen LogP contribution in [0.25, 0.3) is 0 Å². The molecule has 214 valence electrons. The highest BCUT2D eigenvalue weighted by Crippen LogP contribution is 2.28. The topological polar surface area (TPSA) is 87.1 Å². The number of carboxylic acids is 2. The summed E-state index contributed by atoms with van der Waals surface area (Å²) in [7, 11) is 0. The van der Waals surface area contributed by atoms with Gasteiger partial charge in [0.2, 0.25) is 0 Å². The zero-order valence-electron chi connectivity index (χ0n) is 23.0. The van der Waals surface area contributed by atoms with Crippen LogP contribution in [0.3, 0.4) is 0 Å². The van der Waals surface area contributed by atoms with Crippen LogP contribution in [0.4, 0.5) is 0 Å². The summed E-state index contributed by atoms with van der Waals surface area (Å²) in [6, 6.07) is 15.0. The van der Waals surface area contributed by atoms with E-state index in [9.17, 15) is 14.7 Å². The minimum absolute atomic E-state index is 0.189. The molecular weight excluding hydrogens is 514 g/mol. The maximum Gasteiger partial charge on any atom is 0.335 e. The zero-order valence-corrected chi connectivity index (χ0v) is 23.8. The number of ether oxygens (including phenoxy) is 1. The molecule has 39 heavy (non-hydrogen) atoms. The van der Waals surface area contributed by atoms with Crippen LogP contribution in [0.2, 0.25) is 5.02 Å². The quantitative estimate of drug-likeness (QED) is 0.230. The number of benzene rings is 2. The van der Waals surface area contributed by atoms with E-state index in [1.807, 2.05) is 36.4 Å². The van der Waals surface area contributed by atoms with Gasteiger partial charge in [0.05, 0.1) is 18.3 Å². The van der Waals surface area contributed by atoms with Crippen LogP contribution in [0.15, 0.2) is 48.5 Å². The van der Waals surface area contributed by atoms with Crippen LogP contribution >= 0.6 is 11.6 Å². The average Bonchev–Trinajstić information content (AvgIpc) is 2.92. The molecule has 2 atom stereocenters. The van der Waals surface area contributed by atoms with Gasteiger partial charge in [-0.1, -0.05) is 80.5 Å². The number of hydrogen-bond donors (Lipinski definition) is 2. The standard InChI is InChI=1S/C32H44ClNO5/c33-30-13-7-6-11-28(30)24-39-29-12-5-3-1-2-4-10-25(22-29)19-21-34(20-9-8-14-31(35)36)23-26-15-17-27(18-16-26)32(37)38/h6-7,11,13,15-18,25,29H,1-5,8-10,12,14,19-24H2,(H,35,36)(H,37,38). The minimum Gasteiger partial charge on any atom is -0.481 e. The van der Waals surface area contributed by atoms with E-state index >= 15 is 0 Å². The van der Waals surface area contributed by atoms with Gasteiger partial charge in [-0.2, -0.15) is 0 Å². The number of carbonyl (C=O) groups is 2. The Labute approximate surface area is 238 Å². The molecule has 0 amide bonds. The molecule has 7 heteroatoms. The molecule has 2 unspecified atom stereocenters. The normalized spacial score (nSPS) is 18.6. The van der Waals surface area contributed by atoms with Gasteiger partial charge in [-0.25, -0.2) is 4.79 Å². The van der Waals surface area contributed by atoms with Crippen molar-refractivity contribution < 1.29 is 24.5 Å².